The van der Waals surface area contributed by atoms with Gasteiger partial charge in [0.1, 0.15) is 5.75 Å². The summed E-state index contributed by atoms with van der Waals surface area (Å²) in [6.45, 7) is 5.32. The fraction of sp³-hybridized carbons (Fsp3) is 0.600. The van der Waals surface area contributed by atoms with E-state index in [1.54, 1.807) is 7.11 Å². The molecule has 1 heterocycles. The normalized spacial score (nSPS) is 24.4. The maximum atomic E-state index is 5.93. The fourth-order valence-electron chi connectivity index (χ4n) is 3.02. The van der Waals surface area contributed by atoms with Gasteiger partial charge in [-0.05, 0) is 56.1 Å². The Bertz CT molecular complexity index is 381. The molecule has 2 unspecified atom stereocenters. The van der Waals surface area contributed by atoms with E-state index in [2.05, 4.69) is 30.0 Å². The van der Waals surface area contributed by atoms with Crippen LogP contribution in [0.3, 0.4) is 0 Å². The first-order chi connectivity index (χ1) is 8.80. The number of nitrogens with zero attached hydrogens (tertiary/aromatic N) is 1. The van der Waals surface area contributed by atoms with Crippen molar-refractivity contribution in [1.29, 1.82) is 0 Å². The molecule has 1 aliphatic rings. The molecule has 1 saturated heterocycles. The zero-order chi connectivity index (χ0) is 13.0. The molecule has 3 heteroatoms. The third-order valence-corrected chi connectivity index (χ3v) is 3.88. The van der Waals surface area contributed by atoms with Crippen molar-refractivity contribution >= 4 is 0 Å². The van der Waals surface area contributed by atoms with Crippen molar-refractivity contribution < 1.29 is 4.74 Å². The highest BCUT2D eigenvalue weighted by atomic mass is 16.5. The molecule has 2 N–H and O–H groups in total. The molecule has 1 aromatic rings. The van der Waals surface area contributed by atoms with Crippen LogP contribution in [0.25, 0.3) is 0 Å². The van der Waals surface area contributed by atoms with Gasteiger partial charge >= 0.3 is 0 Å². The van der Waals surface area contributed by atoms with Crippen molar-refractivity contribution in [2.24, 2.45) is 11.7 Å². The van der Waals surface area contributed by atoms with Crippen LogP contribution in [0.5, 0.6) is 5.75 Å². The minimum Gasteiger partial charge on any atom is -0.497 e. The first-order valence-corrected chi connectivity index (χ1v) is 6.88. The highest BCUT2D eigenvalue weighted by Gasteiger charge is 2.33. The van der Waals surface area contributed by atoms with Gasteiger partial charge in [0, 0.05) is 6.04 Å². The summed E-state index contributed by atoms with van der Waals surface area (Å²) in [4.78, 5) is 2.56. The third kappa shape index (κ3) is 2.68. The molecule has 0 bridgehead atoms. The Balaban J connectivity index is 2.25. The average molecular weight is 248 g/mol. The Hall–Kier alpha value is -1.06. The zero-order valence-corrected chi connectivity index (χ0v) is 11.4. The van der Waals surface area contributed by atoms with Gasteiger partial charge in [-0.3, -0.25) is 4.90 Å². The molecule has 2 atom stereocenters. The minimum absolute atomic E-state index is 0.463. The predicted octanol–water partition coefficient (Wildman–Crippen LogP) is 2.43. The highest BCUT2D eigenvalue weighted by molar-refractivity contribution is 5.31. The Kier molecular flexibility index (Phi) is 4.61. The second-order valence-corrected chi connectivity index (χ2v) is 5.04. The molecule has 18 heavy (non-hydrogen) atoms. The lowest BCUT2D eigenvalue weighted by molar-refractivity contribution is 0.230. The largest absolute Gasteiger partial charge is 0.497 e. The molecule has 0 spiro atoms. The van der Waals surface area contributed by atoms with Crippen LogP contribution in [-0.2, 0) is 0 Å². The fourth-order valence-corrected chi connectivity index (χ4v) is 3.02. The van der Waals surface area contributed by atoms with E-state index in [9.17, 15) is 0 Å². The predicted molar refractivity (Wildman–Crippen MR) is 74.8 cm³/mol. The molecule has 0 aromatic heterocycles. The highest BCUT2D eigenvalue weighted by Crippen LogP contribution is 2.37. The third-order valence-electron chi connectivity index (χ3n) is 3.88. The molecule has 2 rings (SSSR count). The van der Waals surface area contributed by atoms with Gasteiger partial charge in [0.2, 0.25) is 0 Å². The number of benzene rings is 1. The monoisotopic (exact) mass is 248 g/mol. The summed E-state index contributed by atoms with van der Waals surface area (Å²) in [5, 5.41) is 0. The van der Waals surface area contributed by atoms with Crippen LogP contribution in [0.4, 0.5) is 0 Å². The second-order valence-electron chi connectivity index (χ2n) is 5.04. The number of hydrogen-bond acceptors (Lipinski definition) is 3. The summed E-state index contributed by atoms with van der Waals surface area (Å²) < 4.78 is 5.33. The molecule has 100 valence electrons. The molecule has 1 fully saturated rings. The van der Waals surface area contributed by atoms with E-state index in [1.165, 1.54) is 18.4 Å². The molecule has 3 nitrogen and oxygen atoms in total. The molecule has 0 saturated carbocycles. The van der Waals surface area contributed by atoms with Crippen molar-refractivity contribution in [2.75, 3.05) is 26.7 Å². The smallest absolute Gasteiger partial charge is 0.119 e. The Morgan fingerprint density at radius 3 is 2.94 bits per heavy atom. The van der Waals surface area contributed by atoms with E-state index in [0.717, 1.165) is 25.4 Å². The van der Waals surface area contributed by atoms with Crippen LogP contribution in [-0.4, -0.2) is 31.6 Å². The second kappa shape index (κ2) is 6.21. The first kappa shape index (κ1) is 13.4. The number of hydrogen-bond donors (Lipinski definition) is 1. The van der Waals surface area contributed by atoms with E-state index in [0.29, 0.717) is 12.0 Å². The average Bonchev–Trinajstić information content (AvgIpc) is 2.82. The Morgan fingerprint density at radius 2 is 2.28 bits per heavy atom. The topological polar surface area (TPSA) is 38.5 Å². The van der Waals surface area contributed by atoms with Gasteiger partial charge in [-0.1, -0.05) is 19.1 Å². The summed E-state index contributed by atoms with van der Waals surface area (Å²) in [5.41, 5.74) is 7.28. The van der Waals surface area contributed by atoms with Crippen LogP contribution in [0.1, 0.15) is 31.4 Å². The van der Waals surface area contributed by atoms with Crippen LogP contribution >= 0.6 is 0 Å². The van der Waals surface area contributed by atoms with Crippen LogP contribution in [0, 0.1) is 5.92 Å². The maximum absolute atomic E-state index is 5.93. The lowest BCUT2D eigenvalue weighted by Crippen LogP contribution is -2.28. The van der Waals surface area contributed by atoms with Gasteiger partial charge in [-0.15, -0.1) is 0 Å². The van der Waals surface area contributed by atoms with Gasteiger partial charge in [0.15, 0.2) is 0 Å². The lowest BCUT2D eigenvalue weighted by atomic mass is 9.93. The zero-order valence-electron chi connectivity index (χ0n) is 11.4. The van der Waals surface area contributed by atoms with Gasteiger partial charge in [-0.25, -0.2) is 0 Å². The number of nitrogens with two attached hydrogens (primary N) is 1. The van der Waals surface area contributed by atoms with Crippen molar-refractivity contribution in [3.63, 3.8) is 0 Å². The molecule has 1 aliphatic heterocycles. The van der Waals surface area contributed by atoms with E-state index in [1.807, 2.05) is 6.07 Å². The van der Waals surface area contributed by atoms with E-state index < -0.39 is 0 Å². The van der Waals surface area contributed by atoms with Crippen molar-refractivity contribution in [3.05, 3.63) is 29.8 Å². The van der Waals surface area contributed by atoms with E-state index in [4.69, 9.17) is 10.5 Å². The molecule has 0 aliphatic carbocycles. The molecule has 0 radical (unpaired) electrons. The quantitative estimate of drug-likeness (QED) is 0.869. The first-order valence-electron chi connectivity index (χ1n) is 6.88. The van der Waals surface area contributed by atoms with Crippen LogP contribution in [0.15, 0.2) is 24.3 Å². The van der Waals surface area contributed by atoms with Gasteiger partial charge in [0.25, 0.3) is 0 Å². The van der Waals surface area contributed by atoms with Crippen molar-refractivity contribution in [2.45, 2.75) is 25.8 Å². The van der Waals surface area contributed by atoms with Gasteiger partial charge in [-0.2, -0.15) is 0 Å². The van der Waals surface area contributed by atoms with Gasteiger partial charge in [0.05, 0.1) is 7.11 Å². The number of ether oxygens (including phenoxy) is 1. The van der Waals surface area contributed by atoms with E-state index >= 15 is 0 Å². The van der Waals surface area contributed by atoms with Gasteiger partial charge < -0.3 is 10.5 Å². The van der Waals surface area contributed by atoms with Crippen molar-refractivity contribution in [3.8, 4) is 5.75 Å². The summed E-state index contributed by atoms with van der Waals surface area (Å²) >= 11 is 0. The number of likely N-dealkylation sites (tertiary alicyclic amines) is 1. The molecule has 0 amide bonds. The molecular formula is C15H24N2O. The Morgan fingerprint density at radius 1 is 1.44 bits per heavy atom. The summed E-state index contributed by atoms with van der Waals surface area (Å²) in [5.74, 6) is 1.51. The minimum atomic E-state index is 0.463. The van der Waals surface area contributed by atoms with Crippen LogP contribution < -0.4 is 10.5 Å². The SMILES string of the molecule is CCCN1CCC(CN)C1c1cccc(OC)c1. The summed E-state index contributed by atoms with van der Waals surface area (Å²) in [7, 11) is 1.72. The summed E-state index contributed by atoms with van der Waals surface area (Å²) in [6, 6.07) is 8.89. The molecular weight excluding hydrogens is 224 g/mol. The maximum Gasteiger partial charge on any atom is 0.119 e. The number of rotatable bonds is 5. The standard InChI is InChI=1S/C15H24N2O/c1-3-8-17-9-7-13(11-16)15(17)12-5-4-6-14(10-12)18-2/h4-6,10,13,15H,3,7-9,11,16H2,1-2H3. The lowest BCUT2D eigenvalue weighted by Gasteiger charge is -2.28. The molecule has 1 aromatic carbocycles. The van der Waals surface area contributed by atoms with Crippen molar-refractivity contribution in [1.82, 2.24) is 4.90 Å². The number of methoxy groups -OCH3 is 1. The van der Waals surface area contributed by atoms with Crippen LogP contribution in [0.2, 0.25) is 0 Å². The van der Waals surface area contributed by atoms with E-state index in [-0.39, 0.29) is 0 Å². The Labute approximate surface area is 110 Å². The summed E-state index contributed by atoms with van der Waals surface area (Å²) in [6.07, 6.45) is 2.40.